The molecular weight excluding hydrogens is 518 g/mol. The van der Waals surface area contributed by atoms with E-state index in [2.05, 4.69) is 96.5 Å². The Morgan fingerprint density at radius 3 is 2.21 bits per heavy atom. The van der Waals surface area contributed by atoms with Crippen LogP contribution in [-0.2, 0) is 5.41 Å². The lowest BCUT2D eigenvalue weighted by atomic mass is 9.82. The molecule has 0 unspecified atom stereocenters. The first kappa shape index (κ1) is 24.5. The molecule has 0 saturated carbocycles. The SMILES string of the molecule is C/C=C\c1c(N)oc2ccc(N(c3ccc4c(c3)-c3ccccc3C4(C)C)c3ccc4oc5ncccc5c4c3)cc12. The lowest BCUT2D eigenvalue weighted by molar-refractivity contribution is 0.636. The van der Waals surface area contributed by atoms with E-state index in [1.54, 1.807) is 6.20 Å². The second kappa shape index (κ2) is 8.85. The van der Waals surface area contributed by atoms with Gasteiger partial charge in [0.1, 0.15) is 11.2 Å². The Labute approximate surface area is 243 Å². The van der Waals surface area contributed by atoms with Crippen LogP contribution in [0.5, 0.6) is 0 Å². The number of hydrogen-bond donors (Lipinski definition) is 1. The molecule has 0 bridgehead atoms. The summed E-state index contributed by atoms with van der Waals surface area (Å²) in [4.78, 5) is 6.73. The van der Waals surface area contributed by atoms with Gasteiger partial charge < -0.3 is 19.5 Å². The molecule has 204 valence electrons. The summed E-state index contributed by atoms with van der Waals surface area (Å²) in [5.41, 5.74) is 17.6. The first-order valence-corrected chi connectivity index (χ1v) is 14.2. The highest BCUT2D eigenvalue weighted by molar-refractivity contribution is 6.05. The monoisotopic (exact) mass is 547 g/mol. The van der Waals surface area contributed by atoms with Gasteiger partial charge in [-0.1, -0.05) is 56.3 Å². The molecule has 1 aliphatic carbocycles. The summed E-state index contributed by atoms with van der Waals surface area (Å²) in [6, 6.07) is 32.2. The molecule has 0 amide bonds. The van der Waals surface area contributed by atoms with E-state index < -0.39 is 0 Å². The molecule has 0 spiro atoms. The maximum absolute atomic E-state index is 6.28. The average molecular weight is 548 g/mol. The van der Waals surface area contributed by atoms with Crippen molar-refractivity contribution >= 4 is 62.1 Å². The summed E-state index contributed by atoms with van der Waals surface area (Å²) in [5, 5.41) is 2.99. The molecule has 42 heavy (non-hydrogen) atoms. The van der Waals surface area contributed by atoms with Crippen molar-refractivity contribution in [1.29, 1.82) is 0 Å². The van der Waals surface area contributed by atoms with Gasteiger partial charge in [0.25, 0.3) is 0 Å². The van der Waals surface area contributed by atoms with Crippen LogP contribution in [0.15, 0.2) is 112 Å². The van der Waals surface area contributed by atoms with Crippen molar-refractivity contribution < 1.29 is 8.83 Å². The molecular formula is C37H29N3O2. The summed E-state index contributed by atoms with van der Waals surface area (Å²) < 4.78 is 12.0. The molecule has 0 saturated heterocycles. The number of pyridine rings is 1. The number of allylic oxidation sites excluding steroid dienone is 1. The average Bonchev–Trinajstić information content (AvgIpc) is 3.61. The number of nitrogen functional groups attached to an aromatic ring is 1. The number of anilines is 4. The van der Waals surface area contributed by atoms with Crippen LogP contribution < -0.4 is 10.6 Å². The van der Waals surface area contributed by atoms with Crippen LogP contribution in [0.25, 0.3) is 50.2 Å². The third-order valence-corrected chi connectivity index (χ3v) is 8.64. The van der Waals surface area contributed by atoms with Gasteiger partial charge >= 0.3 is 0 Å². The minimum absolute atomic E-state index is 0.0640. The van der Waals surface area contributed by atoms with E-state index in [0.29, 0.717) is 11.6 Å². The van der Waals surface area contributed by atoms with Gasteiger partial charge in [0.05, 0.1) is 0 Å². The first-order valence-electron chi connectivity index (χ1n) is 14.2. The van der Waals surface area contributed by atoms with Crippen molar-refractivity contribution in [2.45, 2.75) is 26.2 Å². The van der Waals surface area contributed by atoms with E-state index in [-0.39, 0.29) is 5.41 Å². The Bertz CT molecular complexity index is 2220. The van der Waals surface area contributed by atoms with Gasteiger partial charge in [-0.15, -0.1) is 0 Å². The zero-order valence-electron chi connectivity index (χ0n) is 23.7. The summed E-state index contributed by atoms with van der Waals surface area (Å²) in [5.74, 6) is 0.418. The normalized spacial score (nSPS) is 13.8. The van der Waals surface area contributed by atoms with Crippen molar-refractivity contribution in [3.05, 3.63) is 120 Å². The van der Waals surface area contributed by atoms with Crippen molar-refractivity contribution in [2.75, 3.05) is 10.6 Å². The van der Waals surface area contributed by atoms with Gasteiger partial charge in [0.2, 0.25) is 5.71 Å². The number of fused-ring (bicyclic) bond motifs is 7. The summed E-state index contributed by atoms with van der Waals surface area (Å²) in [7, 11) is 0. The van der Waals surface area contributed by atoms with Crippen molar-refractivity contribution in [3.63, 3.8) is 0 Å². The molecule has 0 fully saturated rings. The van der Waals surface area contributed by atoms with E-state index >= 15 is 0 Å². The molecule has 0 aliphatic heterocycles. The lowest BCUT2D eigenvalue weighted by Gasteiger charge is -2.27. The van der Waals surface area contributed by atoms with Crippen LogP contribution in [0.2, 0.25) is 0 Å². The molecule has 1 aliphatic rings. The largest absolute Gasteiger partial charge is 0.440 e. The van der Waals surface area contributed by atoms with Crippen LogP contribution in [-0.4, -0.2) is 4.98 Å². The zero-order chi connectivity index (χ0) is 28.6. The number of benzene rings is 4. The van der Waals surface area contributed by atoms with Gasteiger partial charge in [0, 0.05) is 50.4 Å². The van der Waals surface area contributed by atoms with Gasteiger partial charge in [0.15, 0.2) is 5.88 Å². The van der Waals surface area contributed by atoms with Crippen LogP contribution in [0.4, 0.5) is 22.9 Å². The Balaban J connectivity index is 1.38. The van der Waals surface area contributed by atoms with Crippen molar-refractivity contribution in [3.8, 4) is 11.1 Å². The summed E-state index contributed by atoms with van der Waals surface area (Å²) in [6.07, 6.45) is 5.74. The van der Waals surface area contributed by atoms with Crippen molar-refractivity contribution in [2.24, 2.45) is 0 Å². The number of nitrogens with two attached hydrogens (primary N) is 1. The second-order valence-electron chi connectivity index (χ2n) is 11.4. The molecule has 0 atom stereocenters. The maximum atomic E-state index is 6.28. The molecule has 5 nitrogen and oxygen atoms in total. The minimum Gasteiger partial charge on any atom is -0.440 e. The number of furan rings is 2. The van der Waals surface area contributed by atoms with E-state index in [1.165, 1.54) is 22.3 Å². The predicted octanol–water partition coefficient (Wildman–Crippen LogP) is 10.1. The fourth-order valence-electron chi connectivity index (χ4n) is 6.63. The summed E-state index contributed by atoms with van der Waals surface area (Å²) in [6.45, 7) is 6.60. The molecule has 2 N–H and O–H groups in total. The minimum atomic E-state index is -0.0640. The van der Waals surface area contributed by atoms with Crippen LogP contribution in [0.3, 0.4) is 0 Å². The van der Waals surface area contributed by atoms with Crippen LogP contribution in [0.1, 0.15) is 37.5 Å². The molecule has 4 aromatic carbocycles. The van der Waals surface area contributed by atoms with E-state index in [1.807, 2.05) is 37.3 Å². The number of hydrogen-bond acceptors (Lipinski definition) is 5. The third kappa shape index (κ3) is 3.46. The molecule has 5 heteroatoms. The Morgan fingerprint density at radius 1 is 0.714 bits per heavy atom. The van der Waals surface area contributed by atoms with Crippen LogP contribution >= 0.6 is 0 Å². The molecule has 3 heterocycles. The quantitative estimate of drug-likeness (QED) is 0.237. The topological polar surface area (TPSA) is 68.4 Å². The van der Waals surface area contributed by atoms with E-state index in [0.717, 1.165) is 50.0 Å². The highest BCUT2D eigenvalue weighted by Gasteiger charge is 2.35. The molecule has 3 aromatic heterocycles. The number of rotatable bonds is 4. The Kier molecular flexibility index (Phi) is 5.16. The highest BCUT2D eigenvalue weighted by Crippen LogP contribution is 2.51. The van der Waals surface area contributed by atoms with Crippen LogP contribution in [0, 0.1) is 0 Å². The summed E-state index contributed by atoms with van der Waals surface area (Å²) >= 11 is 0. The fourth-order valence-corrected chi connectivity index (χ4v) is 6.63. The number of aromatic nitrogens is 1. The molecule has 0 radical (unpaired) electrons. The zero-order valence-corrected chi connectivity index (χ0v) is 23.7. The smallest absolute Gasteiger partial charge is 0.227 e. The van der Waals surface area contributed by atoms with Gasteiger partial charge in [-0.3, -0.25) is 0 Å². The van der Waals surface area contributed by atoms with Crippen molar-refractivity contribution in [1.82, 2.24) is 4.98 Å². The Morgan fingerprint density at radius 2 is 1.40 bits per heavy atom. The highest BCUT2D eigenvalue weighted by atomic mass is 16.3. The standard InChI is InChI=1S/C37H29N3O2/c1-4-8-26-29-20-23(13-16-33(29)41-35(26)38)40(24-14-17-34-30(21-24)27-10-7-18-39-36(27)42-34)22-12-15-32-28(19-22)25-9-5-6-11-31(25)37(32,2)3/h4-21H,38H2,1-3H3/b8-4-. The predicted molar refractivity (Wildman–Crippen MR) is 173 cm³/mol. The molecule has 8 rings (SSSR count). The first-order chi connectivity index (χ1) is 20.4. The lowest BCUT2D eigenvalue weighted by Crippen LogP contribution is -2.15. The Hall–Kier alpha value is -5.29. The third-order valence-electron chi connectivity index (χ3n) is 8.64. The van der Waals surface area contributed by atoms with Gasteiger partial charge in [-0.05, 0) is 89.8 Å². The molecule has 7 aromatic rings. The second-order valence-corrected chi connectivity index (χ2v) is 11.4. The van der Waals surface area contributed by atoms with Gasteiger partial charge in [-0.25, -0.2) is 4.98 Å². The van der Waals surface area contributed by atoms with Gasteiger partial charge in [-0.2, -0.15) is 0 Å². The van der Waals surface area contributed by atoms with E-state index in [9.17, 15) is 0 Å². The fraction of sp³-hybridized carbons (Fsp3) is 0.108. The van der Waals surface area contributed by atoms with E-state index in [4.69, 9.17) is 14.6 Å². The maximum Gasteiger partial charge on any atom is 0.227 e. The number of nitrogens with zero attached hydrogens (tertiary/aromatic N) is 2.